The summed E-state index contributed by atoms with van der Waals surface area (Å²) in [6, 6.07) is 62.7. The number of hydrogen-bond donors (Lipinski definition) is 0. The van der Waals surface area contributed by atoms with Gasteiger partial charge >= 0.3 is 12.4 Å². The molecule has 354 valence electrons. The van der Waals surface area contributed by atoms with Gasteiger partial charge in [-0.05, 0) is 129 Å². The average molecular weight is 958 g/mol. The standard InChI is InChI=1S/C63H45F6N3/c64-62(65,66)53-30-28-50(29-31-53)61-38-57(47-26-24-46(25-27-47)51-14-9-15-54(37-51)63(67,68)69)58(41-72-61)56-17-8-7-16-55(56)52-35-44(20-18-42-22-32-59(70-39-42)48-10-3-1-4-11-48)34-45(36-52)21-19-43-23-33-60(71-40-43)49-12-5-2-6-13-49/h1-17,22-41H,18-21H2. The van der Waals surface area contributed by atoms with Crippen LogP contribution in [-0.4, -0.2) is 15.0 Å². The van der Waals surface area contributed by atoms with Gasteiger partial charge in [0, 0.05) is 40.8 Å². The Balaban J connectivity index is 1.03. The third kappa shape index (κ3) is 11.0. The van der Waals surface area contributed by atoms with Crippen molar-refractivity contribution >= 4 is 0 Å². The number of halogens is 6. The minimum Gasteiger partial charge on any atom is -0.256 e. The van der Waals surface area contributed by atoms with E-state index in [2.05, 4.69) is 48.5 Å². The fourth-order valence-electron chi connectivity index (χ4n) is 9.07. The van der Waals surface area contributed by atoms with Gasteiger partial charge in [-0.15, -0.1) is 0 Å². The fourth-order valence-corrected chi connectivity index (χ4v) is 9.07. The van der Waals surface area contributed by atoms with Crippen molar-refractivity contribution in [2.75, 3.05) is 0 Å². The SMILES string of the molecule is FC(F)(F)c1ccc(-c2cc(-c3ccc(-c4cccc(C(F)(F)F)c4)cc3)c(-c3ccccc3-c3cc(CCc4ccc(-c5ccccc5)nc4)cc(CCc4ccc(-c5ccccc5)nc4)c3)cn2)cc1. The van der Waals surface area contributed by atoms with E-state index in [0.29, 0.717) is 22.4 Å². The van der Waals surface area contributed by atoms with E-state index in [1.807, 2.05) is 109 Å². The first-order chi connectivity index (χ1) is 34.9. The second kappa shape index (κ2) is 20.5. The molecule has 10 aromatic rings. The lowest BCUT2D eigenvalue weighted by molar-refractivity contribution is -0.138. The van der Waals surface area contributed by atoms with Crippen molar-refractivity contribution in [2.45, 2.75) is 38.0 Å². The molecule has 0 fully saturated rings. The van der Waals surface area contributed by atoms with Gasteiger partial charge in [-0.3, -0.25) is 15.0 Å². The summed E-state index contributed by atoms with van der Waals surface area (Å²) in [5, 5.41) is 0. The highest BCUT2D eigenvalue weighted by molar-refractivity contribution is 5.93. The van der Waals surface area contributed by atoms with E-state index in [0.717, 1.165) is 128 Å². The molecule has 0 aliphatic carbocycles. The Morgan fingerprint density at radius 1 is 0.264 bits per heavy atom. The fraction of sp³-hybridized carbons (Fsp3) is 0.0952. The van der Waals surface area contributed by atoms with Crippen LogP contribution < -0.4 is 0 Å². The Morgan fingerprint density at radius 3 is 1.28 bits per heavy atom. The van der Waals surface area contributed by atoms with Crippen molar-refractivity contribution in [1.29, 1.82) is 0 Å². The highest BCUT2D eigenvalue weighted by atomic mass is 19.4. The summed E-state index contributed by atoms with van der Waals surface area (Å²) in [4.78, 5) is 14.4. The molecular weight excluding hydrogens is 913 g/mol. The molecule has 0 aliphatic heterocycles. The number of hydrogen-bond acceptors (Lipinski definition) is 3. The van der Waals surface area contributed by atoms with E-state index in [9.17, 15) is 26.3 Å². The molecule has 3 aromatic heterocycles. The summed E-state index contributed by atoms with van der Waals surface area (Å²) >= 11 is 0. The molecule has 7 aromatic carbocycles. The molecule has 0 saturated heterocycles. The van der Waals surface area contributed by atoms with E-state index < -0.39 is 23.5 Å². The van der Waals surface area contributed by atoms with Crippen LogP contribution in [0.4, 0.5) is 26.3 Å². The molecule has 0 amide bonds. The number of rotatable bonds is 13. The van der Waals surface area contributed by atoms with Gasteiger partial charge in [-0.25, -0.2) is 0 Å². The number of benzene rings is 7. The molecule has 0 unspecified atom stereocenters. The number of pyridine rings is 3. The van der Waals surface area contributed by atoms with Gasteiger partial charge in [-0.2, -0.15) is 26.3 Å². The van der Waals surface area contributed by atoms with Crippen LogP contribution in [0.15, 0.2) is 225 Å². The molecular formula is C63H45F6N3. The number of nitrogens with zero attached hydrogens (tertiary/aromatic N) is 3. The van der Waals surface area contributed by atoms with Crippen LogP contribution in [0.5, 0.6) is 0 Å². The molecule has 0 bridgehead atoms. The van der Waals surface area contributed by atoms with Crippen molar-refractivity contribution in [3.63, 3.8) is 0 Å². The summed E-state index contributed by atoms with van der Waals surface area (Å²) < 4.78 is 82.0. The molecule has 3 heterocycles. The zero-order valence-corrected chi connectivity index (χ0v) is 38.8. The van der Waals surface area contributed by atoms with E-state index in [4.69, 9.17) is 15.0 Å². The Kier molecular flexibility index (Phi) is 13.5. The summed E-state index contributed by atoms with van der Waals surface area (Å²) in [6.45, 7) is 0. The van der Waals surface area contributed by atoms with Crippen LogP contribution in [0.3, 0.4) is 0 Å². The van der Waals surface area contributed by atoms with Crippen LogP contribution in [0, 0.1) is 0 Å². The lowest BCUT2D eigenvalue weighted by Crippen LogP contribution is -2.04. The van der Waals surface area contributed by atoms with Gasteiger partial charge in [0.1, 0.15) is 0 Å². The molecule has 0 saturated carbocycles. The van der Waals surface area contributed by atoms with Crippen LogP contribution in [0.25, 0.3) is 78.3 Å². The summed E-state index contributed by atoms with van der Waals surface area (Å²) in [7, 11) is 0. The molecule has 0 N–H and O–H groups in total. The van der Waals surface area contributed by atoms with Gasteiger partial charge in [0.15, 0.2) is 0 Å². The maximum absolute atomic E-state index is 13.7. The monoisotopic (exact) mass is 957 g/mol. The first-order valence-electron chi connectivity index (χ1n) is 23.6. The number of aromatic nitrogens is 3. The normalized spacial score (nSPS) is 11.7. The zero-order valence-electron chi connectivity index (χ0n) is 38.8. The third-order valence-corrected chi connectivity index (χ3v) is 12.9. The van der Waals surface area contributed by atoms with E-state index in [1.54, 1.807) is 24.4 Å². The molecule has 10 rings (SSSR count). The van der Waals surface area contributed by atoms with Crippen LogP contribution in [-0.2, 0) is 38.0 Å². The smallest absolute Gasteiger partial charge is 0.256 e. The van der Waals surface area contributed by atoms with Crippen molar-refractivity contribution in [3.05, 3.63) is 258 Å². The first kappa shape index (κ1) is 47.3. The second-order valence-corrected chi connectivity index (χ2v) is 17.8. The highest BCUT2D eigenvalue weighted by Crippen LogP contribution is 2.42. The molecule has 0 aliphatic rings. The Hall–Kier alpha value is -8.43. The van der Waals surface area contributed by atoms with Gasteiger partial charge in [0.25, 0.3) is 0 Å². The number of aryl methyl sites for hydroxylation is 4. The number of alkyl halides is 6. The van der Waals surface area contributed by atoms with E-state index >= 15 is 0 Å². The van der Waals surface area contributed by atoms with Crippen LogP contribution >= 0.6 is 0 Å². The highest BCUT2D eigenvalue weighted by Gasteiger charge is 2.31. The summed E-state index contributed by atoms with van der Waals surface area (Å²) in [5.74, 6) is 0. The van der Waals surface area contributed by atoms with Crippen molar-refractivity contribution < 1.29 is 26.3 Å². The maximum atomic E-state index is 13.7. The van der Waals surface area contributed by atoms with Crippen LogP contribution in [0.2, 0.25) is 0 Å². The zero-order chi connectivity index (χ0) is 49.7. The molecule has 9 heteroatoms. The topological polar surface area (TPSA) is 38.7 Å². The first-order valence-corrected chi connectivity index (χ1v) is 23.6. The van der Waals surface area contributed by atoms with Crippen molar-refractivity contribution in [2.24, 2.45) is 0 Å². The second-order valence-electron chi connectivity index (χ2n) is 17.8. The van der Waals surface area contributed by atoms with Crippen molar-refractivity contribution in [3.8, 4) is 78.3 Å². The lowest BCUT2D eigenvalue weighted by Gasteiger charge is -2.18. The van der Waals surface area contributed by atoms with Crippen molar-refractivity contribution in [1.82, 2.24) is 15.0 Å². The largest absolute Gasteiger partial charge is 0.416 e. The van der Waals surface area contributed by atoms with Gasteiger partial charge < -0.3 is 0 Å². The molecule has 0 spiro atoms. The Labute approximate surface area is 414 Å². The van der Waals surface area contributed by atoms with Gasteiger partial charge in [0.05, 0.1) is 28.2 Å². The average Bonchev–Trinajstić information content (AvgIpc) is 3.42. The summed E-state index contributed by atoms with van der Waals surface area (Å²) in [6.07, 6.45) is -0.284. The Bertz CT molecular complexity index is 3340. The van der Waals surface area contributed by atoms with E-state index in [1.165, 1.54) is 18.2 Å². The summed E-state index contributed by atoms with van der Waals surface area (Å²) in [5.41, 5.74) is 14.1. The van der Waals surface area contributed by atoms with Gasteiger partial charge in [-0.1, -0.05) is 164 Å². The predicted octanol–water partition coefficient (Wildman–Crippen LogP) is 17.1. The maximum Gasteiger partial charge on any atom is 0.416 e. The lowest BCUT2D eigenvalue weighted by atomic mass is 9.87. The quantitative estimate of drug-likeness (QED) is 0.108. The van der Waals surface area contributed by atoms with Gasteiger partial charge in [0.2, 0.25) is 0 Å². The predicted molar refractivity (Wildman–Crippen MR) is 276 cm³/mol. The van der Waals surface area contributed by atoms with Crippen LogP contribution in [0.1, 0.15) is 33.4 Å². The minimum atomic E-state index is -4.50. The van der Waals surface area contributed by atoms with E-state index in [-0.39, 0.29) is 0 Å². The Morgan fingerprint density at radius 2 is 0.736 bits per heavy atom. The third-order valence-electron chi connectivity index (χ3n) is 12.9. The molecule has 0 atom stereocenters. The minimum absolute atomic E-state index is 0.415. The molecule has 72 heavy (non-hydrogen) atoms. The molecule has 3 nitrogen and oxygen atoms in total. The molecule has 0 radical (unpaired) electrons.